The summed E-state index contributed by atoms with van der Waals surface area (Å²) < 4.78 is 38.5. The number of nitrogens with zero attached hydrogens (tertiary/aromatic N) is 2. The summed E-state index contributed by atoms with van der Waals surface area (Å²) in [6.45, 7) is 0. The highest BCUT2D eigenvalue weighted by atomic mass is 35.5. The number of hydrogen-bond donors (Lipinski definition) is 1. The molecule has 3 aromatic rings. The van der Waals surface area contributed by atoms with Crippen molar-refractivity contribution in [2.45, 2.75) is 4.90 Å². The van der Waals surface area contributed by atoms with E-state index >= 15 is 0 Å². The zero-order valence-electron chi connectivity index (χ0n) is 14.5. The van der Waals surface area contributed by atoms with Gasteiger partial charge in [0, 0.05) is 17.3 Å². The summed E-state index contributed by atoms with van der Waals surface area (Å²) in [5.74, 6) is 0.615. The normalized spacial score (nSPS) is 11.1. The fourth-order valence-corrected chi connectivity index (χ4v) is 3.75. The van der Waals surface area contributed by atoms with E-state index in [0.29, 0.717) is 22.7 Å². The lowest BCUT2D eigenvalue weighted by atomic mass is 10.1. The molecule has 0 unspecified atom stereocenters. The van der Waals surface area contributed by atoms with Crippen molar-refractivity contribution < 1.29 is 17.9 Å². The second kappa shape index (κ2) is 7.81. The molecule has 140 valence electrons. The SMILES string of the molecule is COc1ccc(OC)c(S(=O)(=O)Nc2cccc(-c3ccc(Cl)nn3)c2)c1. The smallest absolute Gasteiger partial charge is 0.265 e. The molecule has 3 rings (SSSR count). The summed E-state index contributed by atoms with van der Waals surface area (Å²) in [4.78, 5) is -0.0268. The number of sulfonamides is 1. The Balaban J connectivity index is 1.95. The van der Waals surface area contributed by atoms with E-state index in [-0.39, 0.29) is 15.8 Å². The molecule has 1 aromatic heterocycles. The van der Waals surface area contributed by atoms with Crippen LogP contribution in [0.15, 0.2) is 59.5 Å². The Morgan fingerprint density at radius 2 is 1.78 bits per heavy atom. The van der Waals surface area contributed by atoms with E-state index in [4.69, 9.17) is 21.1 Å². The van der Waals surface area contributed by atoms with Crippen LogP contribution in [0.1, 0.15) is 0 Å². The molecular weight excluding hydrogens is 390 g/mol. The zero-order chi connectivity index (χ0) is 19.4. The van der Waals surface area contributed by atoms with Gasteiger partial charge in [0.15, 0.2) is 5.15 Å². The fraction of sp³-hybridized carbons (Fsp3) is 0.111. The van der Waals surface area contributed by atoms with Gasteiger partial charge in [-0.3, -0.25) is 4.72 Å². The minimum atomic E-state index is -3.91. The number of nitrogens with one attached hydrogen (secondary N) is 1. The van der Waals surface area contributed by atoms with Crippen molar-refractivity contribution in [3.05, 3.63) is 59.8 Å². The molecule has 1 heterocycles. The van der Waals surface area contributed by atoms with Gasteiger partial charge in [0.25, 0.3) is 10.0 Å². The van der Waals surface area contributed by atoms with E-state index in [2.05, 4.69) is 14.9 Å². The molecule has 0 atom stereocenters. The Hall–Kier alpha value is -2.84. The van der Waals surface area contributed by atoms with Crippen molar-refractivity contribution in [3.8, 4) is 22.8 Å². The molecule has 0 saturated heterocycles. The largest absolute Gasteiger partial charge is 0.497 e. The molecule has 0 aliphatic carbocycles. The molecule has 0 fully saturated rings. The lowest BCUT2D eigenvalue weighted by Gasteiger charge is -2.13. The van der Waals surface area contributed by atoms with E-state index in [9.17, 15) is 8.42 Å². The first kappa shape index (κ1) is 18.9. The third-order valence-corrected chi connectivity index (χ3v) is 5.31. The second-order valence-corrected chi connectivity index (χ2v) is 7.48. The Morgan fingerprint density at radius 3 is 2.44 bits per heavy atom. The van der Waals surface area contributed by atoms with Crippen LogP contribution in [0.2, 0.25) is 5.15 Å². The molecule has 0 bridgehead atoms. The number of ether oxygens (including phenoxy) is 2. The van der Waals surface area contributed by atoms with Crippen LogP contribution in [0.3, 0.4) is 0 Å². The number of hydrogen-bond acceptors (Lipinski definition) is 6. The van der Waals surface area contributed by atoms with E-state index in [1.54, 1.807) is 42.5 Å². The maximum Gasteiger partial charge on any atom is 0.265 e. The number of anilines is 1. The van der Waals surface area contributed by atoms with Crippen LogP contribution in [0.25, 0.3) is 11.3 Å². The molecule has 0 radical (unpaired) electrons. The van der Waals surface area contributed by atoms with Gasteiger partial charge in [0.2, 0.25) is 0 Å². The van der Waals surface area contributed by atoms with Crippen LogP contribution in [0, 0.1) is 0 Å². The molecule has 0 saturated carbocycles. The zero-order valence-corrected chi connectivity index (χ0v) is 16.1. The Labute approximate surface area is 162 Å². The lowest BCUT2D eigenvalue weighted by Crippen LogP contribution is -2.14. The Morgan fingerprint density at radius 1 is 0.963 bits per heavy atom. The van der Waals surface area contributed by atoms with Gasteiger partial charge in [-0.2, -0.15) is 0 Å². The van der Waals surface area contributed by atoms with E-state index < -0.39 is 10.0 Å². The molecule has 0 spiro atoms. The molecule has 0 amide bonds. The van der Waals surface area contributed by atoms with Gasteiger partial charge in [-0.1, -0.05) is 23.7 Å². The fourth-order valence-electron chi connectivity index (χ4n) is 2.42. The Bertz CT molecular complexity index is 1060. The molecule has 27 heavy (non-hydrogen) atoms. The summed E-state index contributed by atoms with van der Waals surface area (Å²) in [5, 5.41) is 8.07. The standard InChI is InChI=1S/C18H16ClN3O4S/c1-25-14-6-8-16(26-2)17(11-14)27(23,24)22-13-5-3-4-12(10-13)15-7-9-18(19)21-20-15/h3-11,22H,1-2H3. The summed E-state index contributed by atoms with van der Waals surface area (Å²) in [6.07, 6.45) is 0. The summed E-state index contributed by atoms with van der Waals surface area (Å²) in [5.41, 5.74) is 1.63. The molecule has 9 heteroatoms. The second-order valence-electron chi connectivity index (χ2n) is 5.44. The summed E-state index contributed by atoms with van der Waals surface area (Å²) in [6, 6.07) is 14.7. The predicted molar refractivity (Wildman–Crippen MR) is 103 cm³/mol. The average Bonchev–Trinajstić information content (AvgIpc) is 2.68. The first-order valence-electron chi connectivity index (χ1n) is 7.77. The van der Waals surface area contributed by atoms with E-state index in [0.717, 1.165) is 0 Å². The molecular formula is C18H16ClN3O4S. The maximum atomic E-state index is 12.8. The minimum absolute atomic E-state index is 0.0268. The van der Waals surface area contributed by atoms with Gasteiger partial charge < -0.3 is 9.47 Å². The number of methoxy groups -OCH3 is 2. The highest BCUT2D eigenvalue weighted by molar-refractivity contribution is 7.92. The van der Waals surface area contributed by atoms with E-state index in [1.165, 1.54) is 26.4 Å². The van der Waals surface area contributed by atoms with Crippen LogP contribution in [-0.4, -0.2) is 32.8 Å². The third kappa shape index (κ3) is 4.29. The first-order chi connectivity index (χ1) is 12.9. The van der Waals surface area contributed by atoms with Crippen molar-refractivity contribution in [1.82, 2.24) is 10.2 Å². The predicted octanol–water partition coefficient (Wildman–Crippen LogP) is 3.62. The third-order valence-electron chi connectivity index (χ3n) is 3.70. The van der Waals surface area contributed by atoms with Crippen molar-refractivity contribution in [3.63, 3.8) is 0 Å². The molecule has 2 aromatic carbocycles. The van der Waals surface area contributed by atoms with Gasteiger partial charge in [-0.15, -0.1) is 10.2 Å². The van der Waals surface area contributed by atoms with Crippen molar-refractivity contribution >= 4 is 27.3 Å². The quantitative estimate of drug-likeness (QED) is 0.673. The number of halogens is 1. The van der Waals surface area contributed by atoms with Gasteiger partial charge in [0.1, 0.15) is 16.4 Å². The van der Waals surface area contributed by atoms with Crippen LogP contribution in [-0.2, 0) is 10.0 Å². The van der Waals surface area contributed by atoms with Gasteiger partial charge in [-0.25, -0.2) is 8.42 Å². The molecule has 0 aliphatic rings. The van der Waals surface area contributed by atoms with E-state index in [1.807, 2.05) is 0 Å². The van der Waals surface area contributed by atoms with Gasteiger partial charge >= 0.3 is 0 Å². The molecule has 7 nitrogen and oxygen atoms in total. The number of rotatable bonds is 6. The number of aromatic nitrogens is 2. The van der Waals surface area contributed by atoms with Gasteiger partial charge in [-0.05, 0) is 36.4 Å². The summed E-state index contributed by atoms with van der Waals surface area (Å²) >= 11 is 5.75. The van der Waals surface area contributed by atoms with Gasteiger partial charge in [0.05, 0.1) is 19.9 Å². The van der Waals surface area contributed by atoms with Crippen LogP contribution >= 0.6 is 11.6 Å². The number of benzene rings is 2. The Kier molecular flexibility index (Phi) is 5.48. The van der Waals surface area contributed by atoms with Crippen molar-refractivity contribution in [1.29, 1.82) is 0 Å². The minimum Gasteiger partial charge on any atom is -0.497 e. The van der Waals surface area contributed by atoms with Crippen molar-refractivity contribution in [2.24, 2.45) is 0 Å². The highest BCUT2D eigenvalue weighted by Gasteiger charge is 2.21. The topological polar surface area (TPSA) is 90.4 Å². The highest BCUT2D eigenvalue weighted by Crippen LogP contribution is 2.30. The lowest BCUT2D eigenvalue weighted by molar-refractivity contribution is 0.392. The monoisotopic (exact) mass is 405 g/mol. The summed E-state index contributed by atoms with van der Waals surface area (Å²) in [7, 11) is -1.04. The van der Waals surface area contributed by atoms with Crippen LogP contribution in [0.5, 0.6) is 11.5 Å². The first-order valence-corrected chi connectivity index (χ1v) is 9.63. The maximum absolute atomic E-state index is 12.8. The average molecular weight is 406 g/mol. The van der Waals surface area contributed by atoms with Crippen molar-refractivity contribution in [2.75, 3.05) is 18.9 Å². The molecule has 0 aliphatic heterocycles. The van der Waals surface area contributed by atoms with Crippen LogP contribution in [0.4, 0.5) is 5.69 Å². The molecule has 1 N–H and O–H groups in total. The van der Waals surface area contributed by atoms with Crippen LogP contribution < -0.4 is 14.2 Å².